The maximum Gasteiger partial charge on any atom is 0.332 e. The largest absolute Gasteiger partial charge is 0.478 e. The maximum absolute atomic E-state index is 10.7. The van der Waals surface area contributed by atoms with Gasteiger partial charge in [0, 0.05) is 18.1 Å². The molecule has 1 rings (SSSR count). The van der Waals surface area contributed by atoms with Gasteiger partial charge in [-0.1, -0.05) is 30.3 Å². The predicted molar refractivity (Wildman–Crippen MR) is 98.7 cm³/mol. The standard InChI is InChI=1S/C11H10O4.2C4H9.Sn/c12-10(13)7-9(11(14)15)6-8-4-2-1-3-5-8;2*1-3-4-2;/h1-5,7H,6H2,(H,12,13)(H,14,15);2*1,3-4H2,2H3;. The van der Waals surface area contributed by atoms with Crippen molar-refractivity contribution in [2.24, 2.45) is 0 Å². The van der Waals surface area contributed by atoms with Crippen molar-refractivity contribution in [1.29, 1.82) is 0 Å². The zero-order chi connectivity index (χ0) is 18.2. The van der Waals surface area contributed by atoms with E-state index in [1.807, 2.05) is 6.07 Å². The number of unbranched alkanes of at least 4 members (excludes halogenated alkanes) is 2. The van der Waals surface area contributed by atoms with Crippen LogP contribution in [0.25, 0.3) is 0 Å². The first-order valence-electron chi connectivity index (χ1n) is 8.42. The van der Waals surface area contributed by atoms with Crippen molar-refractivity contribution in [3.05, 3.63) is 47.5 Å². The van der Waals surface area contributed by atoms with E-state index in [1.54, 1.807) is 33.1 Å². The first kappa shape index (κ1) is 22.7. The Morgan fingerprint density at radius 3 is 1.96 bits per heavy atom. The average molecular weight is 439 g/mol. The molecule has 0 saturated carbocycles. The zero-order valence-corrected chi connectivity index (χ0v) is 17.5. The van der Waals surface area contributed by atoms with Crippen LogP contribution >= 0.6 is 0 Å². The maximum atomic E-state index is 10.7. The van der Waals surface area contributed by atoms with E-state index in [2.05, 4.69) is 13.8 Å². The topological polar surface area (TPSA) is 74.6 Å². The molecule has 24 heavy (non-hydrogen) atoms. The number of carboxylic acid groups (broad SMARTS) is 2. The van der Waals surface area contributed by atoms with Gasteiger partial charge in [0.2, 0.25) is 0 Å². The van der Waals surface area contributed by atoms with Gasteiger partial charge in [-0.25, -0.2) is 9.59 Å². The Morgan fingerprint density at radius 2 is 1.54 bits per heavy atom. The van der Waals surface area contributed by atoms with Crippen LogP contribution in [0.3, 0.4) is 0 Å². The summed E-state index contributed by atoms with van der Waals surface area (Å²) in [5, 5.41) is 17.2. The van der Waals surface area contributed by atoms with Crippen LogP contribution in [-0.2, 0) is 16.0 Å². The second-order valence-corrected chi connectivity index (χ2v) is 9.71. The Hall–Kier alpha value is -1.30. The second kappa shape index (κ2) is 15.2. The third kappa shape index (κ3) is 13.2. The van der Waals surface area contributed by atoms with Gasteiger partial charge in [-0.3, -0.25) is 0 Å². The number of benzene rings is 1. The molecular weight excluding hydrogens is 411 g/mol. The summed E-state index contributed by atoms with van der Waals surface area (Å²) >= 11 is 0.149. The fourth-order valence-corrected chi connectivity index (χ4v) is 6.04. The molecule has 4 nitrogen and oxygen atoms in total. The molecular formula is C19H28O4Sn. The van der Waals surface area contributed by atoms with Gasteiger partial charge in [-0.05, 0) is 5.56 Å². The van der Waals surface area contributed by atoms with Crippen LogP contribution in [0, 0.1) is 0 Å². The Balaban J connectivity index is 0.000000506. The van der Waals surface area contributed by atoms with Crippen molar-refractivity contribution in [2.45, 2.75) is 54.8 Å². The van der Waals surface area contributed by atoms with E-state index in [4.69, 9.17) is 10.2 Å². The fraction of sp³-hybridized carbons (Fsp3) is 0.474. The summed E-state index contributed by atoms with van der Waals surface area (Å²) in [5.74, 6) is -2.45. The molecule has 2 radical (unpaired) electrons. The van der Waals surface area contributed by atoms with Crippen molar-refractivity contribution >= 4 is 33.1 Å². The van der Waals surface area contributed by atoms with Gasteiger partial charge in [-0.15, -0.1) is 0 Å². The van der Waals surface area contributed by atoms with Gasteiger partial charge in [0.25, 0.3) is 0 Å². The molecule has 0 bridgehead atoms. The number of hydrogen-bond acceptors (Lipinski definition) is 2. The molecule has 0 aliphatic heterocycles. The van der Waals surface area contributed by atoms with E-state index in [9.17, 15) is 9.59 Å². The van der Waals surface area contributed by atoms with Crippen LogP contribution in [0.15, 0.2) is 42.0 Å². The van der Waals surface area contributed by atoms with Crippen LogP contribution in [0.1, 0.15) is 45.1 Å². The molecule has 0 aliphatic carbocycles. The minimum Gasteiger partial charge on any atom is -0.478 e. The van der Waals surface area contributed by atoms with Gasteiger partial charge < -0.3 is 10.2 Å². The van der Waals surface area contributed by atoms with Gasteiger partial charge in [0.05, 0.1) is 0 Å². The van der Waals surface area contributed by atoms with Gasteiger partial charge in [-0.2, -0.15) is 0 Å². The van der Waals surface area contributed by atoms with Crippen LogP contribution in [-0.4, -0.2) is 43.3 Å². The number of carbonyl (C=O) groups is 2. The van der Waals surface area contributed by atoms with E-state index >= 15 is 0 Å². The van der Waals surface area contributed by atoms with Crippen molar-refractivity contribution in [2.75, 3.05) is 0 Å². The van der Waals surface area contributed by atoms with Gasteiger partial charge in [0.1, 0.15) is 0 Å². The van der Waals surface area contributed by atoms with Gasteiger partial charge in [0.15, 0.2) is 0 Å². The van der Waals surface area contributed by atoms with Crippen molar-refractivity contribution < 1.29 is 19.8 Å². The normalized spacial score (nSPS) is 10.7. The first-order valence-corrected chi connectivity index (χ1v) is 12.5. The zero-order valence-electron chi connectivity index (χ0n) is 14.6. The predicted octanol–water partition coefficient (Wildman–Crippen LogP) is 4.45. The third-order valence-corrected chi connectivity index (χ3v) is 7.26. The Kier molecular flexibility index (Phi) is 14.4. The van der Waals surface area contributed by atoms with E-state index in [1.165, 1.54) is 25.7 Å². The van der Waals surface area contributed by atoms with Crippen LogP contribution in [0.5, 0.6) is 0 Å². The van der Waals surface area contributed by atoms with Crippen LogP contribution < -0.4 is 0 Å². The molecule has 0 aliphatic rings. The molecule has 5 heteroatoms. The van der Waals surface area contributed by atoms with Crippen molar-refractivity contribution in [3.63, 3.8) is 0 Å². The van der Waals surface area contributed by atoms with E-state index in [-0.39, 0.29) is 33.1 Å². The second-order valence-electron chi connectivity index (χ2n) is 5.43. The average Bonchev–Trinajstić information content (AvgIpc) is 2.55. The van der Waals surface area contributed by atoms with Crippen molar-refractivity contribution in [3.8, 4) is 0 Å². The molecule has 0 heterocycles. The minimum atomic E-state index is -1.25. The van der Waals surface area contributed by atoms with E-state index in [0.717, 1.165) is 11.6 Å². The molecule has 0 saturated heterocycles. The van der Waals surface area contributed by atoms with Crippen LogP contribution in [0.2, 0.25) is 8.87 Å². The molecule has 2 N–H and O–H groups in total. The quantitative estimate of drug-likeness (QED) is 0.321. The smallest absolute Gasteiger partial charge is 0.332 e. The number of rotatable bonds is 10. The molecule has 0 spiro atoms. The van der Waals surface area contributed by atoms with Gasteiger partial charge >= 0.3 is 81.5 Å². The fourth-order valence-electron chi connectivity index (χ4n) is 1.88. The summed E-state index contributed by atoms with van der Waals surface area (Å²) in [7, 11) is 0. The summed E-state index contributed by atoms with van der Waals surface area (Å²) in [6, 6.07) is 8.85. The minimum absolute atomic E-state index is 0.114. The summed E-state index contributed by atoms with van der Waals surface area (Å²) < 4.78 is 3.25. The number of hydrogen-bond donors (Lipinski definition) is 2. The molecule has 0 amide bonds. The molecule has 1 aromatic carbocycles. The van der Waals surface area contributed by atoms with Crippen LogP contribution in [0.4, 0.5) is 0 Å². The molecule has 132 valence electrons. The summed E-state index contributed by atoms with van der Waals surface area (Å²) in [5.41, 5.74) is 0.640. The summed E-state index contributed by atoms with van der Waals surface area (Å²) in [6.07, 6.45) is 6.67. The summed E-state index contributed by atoms with van der Waals surface area (Å²) in [4.78, 5) is 21.1. The molecule has 0 unspecified atom stereocenters. The molecule has 0 aromatic heterocycles. The monoisotopic (exact) mass is 440 g/mol. The molecule has 1 aromatic rings. The number of carboxylic acids is 2. The van der Waals surface area contributed by atoms with Crippen molar-refractivity contribution in [1.82, 2.24) is 0 Å². The Morgan fingerprint density at radius 1 is 1.00 bits per heavy atom. The SMILES string of the molecule is CCC[CH2][Sn][CH2]CCC.O=C(O)C=C(Cc1ccccc1)C(=O)O. The Bertz CT molecular complexity index is 491. The number of aliphatic carboxylic acids is 2. The Labute approximate surface area is 155 Å². The molecule has 0 fully saturated rings. The third-order valence-electron chi connectivity index (χ3n) is 3.22. The van der Waals surface area contributed by atoms with E-state index < -0.39 is 11.9 Å². The first-order chi connectivity index (χ1) is 11.5. The summed E-state index contributed by atoms with van der Waals surface area (Å²) in [6.45, 7) is 4.58. The van der Waals surface area contributed by atoms with E-state index in [0.29, 0.717) is 0 Å². The molecule has 0 atom stereocenters.